The van der Waals surface area contributed by atoms with Gasteiger partial charge in [-0.2, -0.15) is 18.3 Å². The quantitative estimate of drug-likeness (QED) is 0.638. The zero-order chi connectivity index (χ0) is 22.2. The molecule has 8 heteroatoms. The summed E-state index contributed by atoms with van der Waals surface area (Å²) in [6.07, 6.45) is 1.82. The van der Waals surface area contributed by atoms with E-state index in [1.54, 1.807) is 6.20 Å². The fourth-order valence-corrected chi connectivity index (χ4v) is 3.43. The lowest BCUT2D eigenvalue weighted by atomic mass is 10.1. The van der Waals surface area contributed by atoms with E-state index in [2.05, 4.69) is 24.3 Å². The predicted octanol–water partition coefficient (Wildman–Crippen LogP) is 4.80. The zero-order valence-corrected chi connectivity index (χ0v) is 17.1. The maximum Gasteiger partial charge on any atom is 0.416 e. The van der Waals surface area contributed by atoms with Crippen molar-refractivity contribution in [3.8, 4) is 11.3 Å². The number of rotatable bonds is 5. The molecular formula is C23H21F3N4O. The van der Waals surface area contributed by atoms with Crippen molar-refractivity contribution in [3.05, 3.63) is 77.3 Å². The molecule has 0 fully saturated rings. The van der Waals surface area contributed by atoms with Crippen LogP contribution in [0, 0.1) is 0 Å². The monoisotopic (exact) mass is 426 g/mol. The smallest absolute Gasteiger partial charge is 0.325 e. The molecule has 0 radical (unpaired) electrons. The molecule has 1 aromatic carbocycles. The summed E-state index contributed by atoms with van der Waals surface area (Å²) in [4.78, 5) is 17.1. The van der Waals surface area contributed by atoms with Gasteiger partial charge in [-0.1, -0.05) is 18.2 Å². The lowest BCUT2D eigenvalue weighted by Gasteiger charge is -2.10. The summed E-state index contributed by atoms with van der Waals surface area (Å²) >= 11 is 0. The first-order valence-electron chi connectivity index (χ1n) is 9.91. The Hall–Kier alpha value is -3.42. The second-order valence-electron chi connectivity index (χ2n) is 7.74. The average Bonchev–Trinajstić information content (AvgIpc) is 3.35. The summed E-state index contributed by atoms with van der Waals surface area (Å²) < 4.78 is 39.9. The molecular weight excluding hydrogens is 405 g/mol. The molecule has 0 aliphatic heterocycles. The fourth-order valence-electron chi connectivity index (χ4n) is 3.43. The minimum absolute atomic E-state index is 0.00922. The van der Waals surface area contributed by atoms with Crippen molar-refractivity contribution in [3.63, 3.8) is 0 Å². The lowest BCUT2D eigenvalue weighted by molar-refractivity contribution is -0.137. The molecule has 0 unspecified atom stereocenters. The summed E-state index contributed by atoms with van der Waals surface area (Å²) in [5.74, 6) is -0.291. The first kappa shape index (κ1) is 20.8. The highest BCUT2D eigenvalue weighted by molar-refractivity contribution is 5.89. The highest BCUT2D eigenvalue weighted by Crippen LogP contribution is 2.30. The Balaban J connectivity index is 1.42. The molecule has 1 aliphatic rings. The van der Waals surface area contributed by atoms with Gasteiger partial charge in [-0.05, 0) is 43.7 Å². The van der Waals surface area contributed by atoms with Crippen LogP contribution in [0.1, 0.15) is 42.3 Å². The number of aromatic nitrogens is 3. The van der Waals surface area contributed by atoms with Crippen LogP contribution in [0.25, 0.3) is 17.0 Å². The molecule has 2 aromatic heterocycles. The van der Waals surface area contributed by atoms with Gasteiger partial charge in [0, 0.05) is 35.5 Å². The minimum Gasteiger partial charge on any atom is -0.325 e. The number of hydrogen-bond acceptors (Lipinski definition) is 3. The van der Waals surface area contributed by atoms with Crippen molar-refractivity contribution >= 4 is 11.6 Å². The van der Waals surface area contributed by atoms with E-state index in [0.717, 1.165) is 34.6 Å². The number of hydrogen-bond donors (Lipinski definition) is 1. The number of carbonyl (C=O) groups is 1. The third kappa shape index (κ3) is 4.52. The Kier molecular flexibility index (Phi) is 5.39. The second kappa shape index (κ2) is 8.02. The molecule has 0 atom stereocenters. The van der Waals surface area contributed by atoms with E-state index in [9.17, 15) is 18.0 Å². The van der Waals surface area contributed by atoms with Crippen LogP contribution in [-0.4, -0.2) is 20.7 Å². The largest absolute Gasteiger partial charge is 0.416 e. The molecule has 0 saturated heterocycles. The number of fused-ring (bicyclic) bond motifs is 1. The topological polar surface area (TPSA) is 59.8 Å². The van der Waals surface area contributed by atoms with Crippen molar-refractivity contribution in [2.24, 2.45) is 0 Å². The van der Waals surface area contributed by atoms with E-state index in [0.29, 0.717) is 17.7 Å². The Labute approximate surface area is 177 Å². The van der Waals surface area contributed by atoms with Gasteiger partial charge in [-0.25, -0.2) is 0 Å². The Morgan fingerprint density at radius 3 is 2.55 bits per heavy atom. The lowest BCUT2D eigenvalue weighted by Crippen LogP contribution is -2.23. The Morgan fingerprint density at radius 2 is 1.90 bits per heavy atom. The van der Waals surface area contributed by atoms with Crippen LogP contribution < -0.4 is 5.32 Å². The number of alkyl halides is 3. The van der Waals surface area contributed by atoms with Gasteiger partial charge in [0.2, 0.25) is 5.91 Å². The van der Waals surface area contributed by atoms with Crippen molar-refractivity contribution < 1.29 is 18.0 Å². The van der Waals surface area contributed by atoms with Crippen LogP contribution in [0.15, 0.2) is 54.9 Å². The highest BCUT2D eigenvalue weighted by Gasteiger charge is 2.30. The molecule has 4 rings (SSSR count). The number of pyridine rings is 1. The van der Waals surface area contributed by atoms with E-state index in [-0.39, 0.29) is 18.4 Å². The van der Waals surface area contributed by atoms with Crippen LogP contribution in [-0.2, 0) is 23.8 Å². The van der Waals surface area contributed by atoms with Crippen molar-refractivity contribution in [1.82, 2.24) is 20.1 Å². The van der Waals surface area contributed by atoms with E-state index in [4.69, 9.17) is 4.98 Å². The summed E-state index contributed by atoms with van der Waals surface area (Å²) in [5.41, 5.74) is 3.90. The maximum absolute atomic E-state index is 12.7. The molecule has 160 valence electrons. The first-order valence-corrected chi connectivity index (χ1v) is 9.91. The first-order chi connectivity index (χ1) is 14.7. The third-order valence-electron chi connectivity index (χ3n) is 5.11. The zero-order valence-electron chi connectivity index (χ0n) is 17.1. The Bertz CT molecular complexity index is 1140. The number of nitrogens with zero attached hydrogens (tertiary/aromatic N) is 3. The maximum atomic E-state index is 12.7. The Morgan fingerprint density at radius 1 is 1.16 bits per heavy atom. The summed E-state index contributed by atoms with van der Waals surface area (Å²) in [6.45, 7) is 4.10. The average molecular weight is 426 g/mol. The predicted molar refractivity (Wildman–Crippen MR) is 111 cm³/mol. The van der Waals surface area contributed by atoms with E-state index >= 15 is 0 Å². The molecule has 5 nitrogen and oxygen atoms in total. The molecule has 0 bridgehead atoms. The number of benzene rings is 1. The SMILES string of the molecule is CC(C)n1cc(-c2ccc3c(n2)CC=C3NC(=O)Cc2ccc(C(F)(F)F)cc2)cn1. The van der Waals surface area contributed by atoms with Gasteiger partial charge in [-0.15, -0.1) is 0 Å². The molecule has 0 spiro atoms. The van der Waals surface area contributed by atoms with Gasteiger partial charge >= 0.3 is 6.18 Å². The van der Waals surface area contributed by atoms with Gasteiger partial charge in [0.1, 0.15) is 0 Å². The van der Waals surface area contributed by atoms with Crippen molar-refractivity contribution in [2.75, 3.05) is 0 Å². The molecule has 0 saturated carbocycles. The highest BCUT2D eigenvalue weighted by atomic mass is 19.4. The van der Waals surface area contributed by atoms with Gasteiger partial charge < -0.3 is 5.32 Å². The van der Waals surface area contributed by atoms with Gasteiger partial charge in [0.05, 0.1) is 29.6 Å². The minimum atomic E-state index is -4.39. The number of halogens is 3. The molecule has 31 heavy (non-hydrogen) atoms. The molecule has 1 amide bonds. The van der Waals surface area contributed by atoms with E-state index < -0.39 is 11.7 Å². The number of nitrogens with one attached hydrogen (secondary N) is 1. The number of carbonyl (C=O) groups excluding carboxylic acids is 1. The van der Waals surface area contributed by atoms with E-state index in [1.165, 1.54) is 12.1 Å². The van der Waals surface area contributed by atoms with Crippen LogP contribution >= 0.6 is 0 Å². The van der Waals surface area contributed by atoms with Gasteiger partial charge in [0.15, 0.2) is 0 Å². The number of allylic oxidation sites excluding steroid dienone is 1. The number of amides is 1. The summed E-state index contributed by atoms with van der Waals surface area (Å²) in [6, 6.07) is 8.69. The third-order valence-corrected chi connectivity index (χ3v) is 5.11. The fraction of sp³-hybridized carbons (Fsp3) is 0.261. The van der Waals surface area contributed by atoms with Gasteiger partial charge in [-0.3, -0.25) is 14.5 Å². The van der Waals surface area contributed by atoms with Crippen LogP contribution in [0.2, 0.25) is 0 Å². The second-order valence-corrected chi connectivity index (χ2v) is 7.74. The van der Waals surface area contributed by atoms with Gasteiger partial charge in [0.25, 0.3) is 0 Å². The normalized spacial score (nSPS) is 13.3. The van der Waals surface area contributed by atoms with Crippen molar-refractivity contribution in [2.45, 2.75) is 38.9 Å². The standard InChI is InChI=1S/C23H21F3N4O/c1-14(2)30-13-16(12-27-30)19-8-7-18-20(28-19)9-10-21(18)29-22(31)11-15-3-5-17(6-4-15)23(24,25)26/h3-8,10,12-14H,9,11H2,1-2H3,(H,29,31). The molecule has 1 N–H and O–H groups in total. The molecule has 2 heterocycles. The van der Waals surface area contributed by atoms with Crippen molar-refractivity contribution in [1.29, 1.82) is 0 Å². The van der Waals surface area contributed by atoms with Crippen LogP contribution in [0.5, 0.6) is 0 Å². The molecule has 3 aromatic rings. The van der Waals surface area contributed by atoms with Crippen LogP contribution in [0.3, 0.4) is 0 Å². The summed E-state index contributed by atoms with van der Waals surface area (Å²) in [5, 5.41) is 7.19. The van der Waals surface area contributed by atoms with E-state index in [1.807, 2.05) is 29.1 Å². The summed E-state index contributed by atoms with van der Waals surface area (Å²) in [7, 11) is 0. The van der Waals surface area contributed by atoms with Crippen LogP contribution in [0.4, 0.5) is 13.2 Å². The molecule has 1 aliphatic carbocycles.